The maximum absolute atomic E-state index is 13.2. The molecule has 1 fully saturated rings. The summed E-state index contributed by atoms with van der Waals surface area (Å²) in [5.74, 6) is -0.0226. The smallest absolute Gasteiger partial charge is 0.509 e. The van der Waals surface area contributed by atoms with Crippen LogP contribution < -0.4 is 10.2 Å². The summed E-state index contributed by atoms with van der Waals surface area (Å²) in [5, 5.41) is 17.7. The fraction of sp³-hybridized carbons (Fsp3) is 0.607. The molecule has 23 heteroatoms. The SMILES string of the molecule is Cn1cc(COC(=O)Nc2ncnc3c2ncn3[C@@H]2O[C@H](COC(C)(C)C)C(OP(=O)([O-])OC(C)(C)C)[C@@H]2OC(=O)OCc2cnnn2C)nn1. The van der Waals surface area contributed by atoms with Gasteiger partial charge >= 0.3 is 12.2 Å². The van der Waals surface area contributed by atoms with Crippen LogP contribution in [0.1, 0.15) is 59.2 Å². The van der Waals surface area contributed by atoms with Gasteiger partial charge in [0.2, 0.25) is 0 Å². The largest absolute Gasteiger partial charge is 0.756 e. The van der Waals surface area contributed by atoms with Gasteiger partial charge in [0, 0.05) is 14.1 Å². The van der Waals surface area contributed by atoms with Gasteiger partial charge in [-0.1, -0.05) is 10.4 Å². The Kier molecular flexibility index (Phi) is 11.0. The molecule has 4 aromatic heterocycles. The number of fused-ring (bicyclic) bond motifs is 1. The van der Waals surface area contributed by atoms with Gasteiger partial charge in [-0.15, -0.1) is 10.2 Å². The fourth-order valence-electron chi connectivity index (χ4n) is 4.74. The van der Waals surface area contributed by atoms with Crippen LogP contribution in [-0.2, 0) is 64.6 Å². The molecule has 1 aliphatic rings. The van der Waals surface area contributed by atoms with Gasteiger partial charge in [0.05, 0.1) is 42.2 Å². The zero-order chi connectivity index (χ0) is 37.1. The summed E-state index contributed by atoms with van der Waals surface area (Å²) in [7, 11) is -1.79. The van der Waals surface area contributed by atoms with E-state index in [1.807, 2.05) is 0 Å². The zero-order valence-electron chi connectivity index (χ0n) is 29.2. The van der Waals surface area contributed by atoms with Crippen molar-refractivity contribution in [2.75, 3.05) is 11.9 Å². The quantitative estimate of drug-likeness (QED) is 0.161. The summed E-state index contributed by atoms with van der Waals surface area (Å²) < 4.78 is 56.7. The van der Waals surface area contributed by atoms with Crippen LogP contribution in [0.4, 0.5) is 15.4 Å². The Morgan fingerprint density at radius 3 is 2.43 bits per heavy atom. The lowest BCUT2D eigenvalue weighted by Crippen LogP contribution is -2.41. The summed E-state index contributed by atoms with van der Waals surface area (Å²) in [6, 6.07) is 0. The minimum atomic E-state index is -5.07. The first kappa shape index (κ1) is 37.7. The Morgan fingerprint density at radius 2 is 1.78 bits per heavy atom. The number of phosphoric acid groups is 1. The van der Waals surface area contributed by atoms with Crippen LogP contribution in [0.5, 0.6) is 0 Å². The number of nitrogens with zero attached hydrogens (tertiary/aromatic N) is 10. The van der Waals surface area contributed by atoms with Gasteiger partial charge in [-0.05, 0) is 41.5 Å². The Hall–Kier alpha value is -4.60. The number of amides is 1. The second-order valence-corrected chi connectivity index (χ2v) is 14.6. The van der Waals surface area contributed by atoms with Crippen LogP contribution in [-0.4, -0.2) is 97.9 Å². The molecule has 0 bridgehead atoms. The molecular formula is C28H39N11O11P-. The number of aromatic nitrogens is 10. The van der Waals surface area contributed by atoms with E-state index >= 15 is 0 Å². The molecule has 1 N–H and O–H groups in total. The molecule has 4 aromatic rings. The van der Waals surface area contributed by atoms with Crippen molar-refractivity contribution < 1.29 is 51.8 Å². The van der Waals surface area contributed by atoms with Gasteiger partial charge in [0.25, 0.3) is 7.82 Å². The van der Waals surface area contributed by atoms with E-state index in [9.17, 15) is 19.0 Å². The predicted molar refractivity (Wildman–Crippen MR) is 169 cm³/mol. The van der Waals surface area contributed by atoms with Crippen molar-refractivity contribution in [1.29, 1.82) is 0 Å². The van der Waals surface area contributed by atoms with Crippen LogP contribution in [0.15, 0.2) is 25.0 Å². The fourth-order valence-corrected chi connectivity index (χ4v) is 6.01. The first-order valence-corrected chi connectivity index (χ1v) is 17.0. The lowest BCUT2D eigenvalue weighted by Gasteiger charge is -2.35. The van der Waals surface area contributed by atoms with Gasteiger partial charge in [0.1, 0.15) is 37.4 Å². The number of ether oxygens (including phenoxy) is 5. The second-order valence-electron chi connectivity index (χ2n) is 13.3. The van der Waals surface area contributed by atoms with Gasteiger partial charge in [-0.25, -0.2) is 29.2 Å². The highest BCUT2D eigenvalue weighted by Crippen LogP contribution is 2.49. The third-order valence-electron chi connectivity index (χ3n) is 6.84. The lowest BCUT2D eigenvalue weighted by molar-refractivity contribution is -0.242. The number of imidazole rings is 1. The van der Waals surface area contributed by atoms with E-state index in [1.165, 1.54) is 47.2 Å². The molecule has 1 amide bonds. The molecule has 22 nitrogen and oxygen atoms in total. The van der Waals surface area contributed by atoms with Crippen LogP contribution in [0, 0.1) is 0 Å². The maximum atomic E-state index is 13.2. The molecule has 5 atom stereocenters. The van der Waals surface area contributed by atoms with Gasteiger partial charge in [-0.3, -0.25) is 19.1 Å². The highest BCUT2D eigenvalue weighted by Gasteiger charge is 2.52. The highest BCUT2D eigenvalue weighted by atomic mass is 31.2. The van der Waals surface area contributed by atoms with Crippen molar-refractivity contribution in [2.45, 2.75) is 90.5 Å². The summed E-state index contributed by atoms with van der Waals surface area (Å²) in [5.41, 5.74) is -0.767. The van der Waals surface area contributed by atoms with E-state index in [0.29, 0.717) is 11.4 Å². The molecule has 5 heterocycles. The number of rotatable bonds is 12. The van der Waals surface area contributed by atoms with Crippen molar-refractivity contribution in [3.8, 4) is 0 Å². The molecule has 51 heavy (non-hydrogen) atoms. The molecule has 0 aromatic carbocycles. The first-order chi connectivity index (χ1) is 23.9. The molecule has 0 radical (unpaired) electrons. The molecule has 278 valence electrons. The van der Waals surface area contributed by atoms with Crippen LogP contribution in [0.3, 0.4) is 0 Å². The lowest BCUT2D eigenvalue weighted by atomic mass is 10.1. The van der Waals surface area contributed by atoms with E-state index in [-0.39, 0.29) is 36.8 Å². The minimum Gasteiger partial charge on any atom is -0.756 e. The maximum Gasteiger partial charge on any atom is 0.509 e. The van der Waals surface area contributed by atoms with Crippen LogP contribution in [0.25, 0.3) is 11.2 Å². The minimum absolute atomic E-state index is 0.0226. The summed E-state index contributed by atoms with van der Waals surface area (Å²) >= 11 is 0. The topological polar surface area (TPSA) is 256 Å². The molecule has 0 spiro atoms. The normalized spacial score (nSPS) is 20.6. The van der Waals surface area contributed by atoms with Crippen molar-refractivity contribution in [2.24, 2.45) is 14.1 Å². The average molecular weight is 737 g/mol. The number of carbonyl (C=O) groups excluding carboxylic acids is 2. The Balaban J connectivity index is 1.46. The predicted octanol–water partition coefficient (Wildman–Crippen LogP) is 1.94. The third-order valence-corrected chi connectivity index (χ3v) is 8.11. The number of anilines is 1. The Bertz CT molecular complexity index is 1880. The molecule has 0 aliphatic carbocycles. The molecular weight excluding hydrogens is 697 g/mol. The van der Waals surface area contributed by atoms with Crippen LogP contribution >= 0.6 is 7.82 Å². The molecule has 2 unspecified atom stereocenters. The molecule has 0 saturated carbocycles. The number of phosphoric ester groups is 1. The highest BCUT2D eigenvalue weighted by molar-refractivity contribution is 7.45. The van der Waals surface area contributed by atoms with E-state index in [2.05, 4.69) is 40.9 Å². The Morgan fingerprint density at radius 1 is 1.02 bits per heavy atom. The van der Waals surface area contributed by atoms with Gasteiger partial charge in [-0.2, -0.15) is 0 Å². The van der Waals surface area contributed by atoms with Crippen molar-refractivity contribution in [3.05, 3.63) is 36.4 Å². The summed E-state index contributed by atoms with van der Waals surface area (Å²) in [6.45, 7) is 9.35. The summed E-state index contributed by atoms with van der Waals surface area (Å²) in [6.07, 6.45) is -2.12. The number of hydrogen-bond acceptors (Lipinski definition) is 18. The molecule has 1 aliphatic heterocycles. The molecule has 1 saturated heterocycles. The number of hydrogen-bond donors (Lipinski definition) is 1. The van der Waals surface area contributed by atoms with E-state index < -0.39 is 55.8 Å². The van der Waals surface area contributed by atoms with E-state index in [1.54, 1.807) is 41.1 Å². The van der Waals surface area contributed by atoms with E-state index in [4.69, 9.17) is 32.7 Å². The van der Waals surface area contributed by atoms with Crippen molar-refractivity contribution >= 4 is 37.1 Å². The van der Waals surface area contributed by atoms with Gasteiger partial charge < -0.3 is 37.6 Å². The van der Waals surface area contributed by atoms with Gasteiger partial charge in [0.15, 0.2) is 29.3 Å². The first-order valence-electron chi connectivity index (χ1n) is 15.5. The average Bonchev–Trinajstić information content (AvgIpc) is 3.80. The Labute approximate surface area is 291 Å². The zero-order valence-corrected chi connectivity index (χ0v) is 30.0. The second kappa shape index (κ2) is 14.9. The third kappa shape index (κ3) is 10.0. The van der Waals surface area contributed by atoms with Crippen molar-refractivity contribution in [3.63, 3.8) is 0 Å². The summed E-state index contributed by atoms with van der Waals surface area (Å²) in [4.78, 5) is 51.7. The number of carbonyl (C=O) groups is 2. The van der Waals surface area contributed by atoms with Crippen LogP contribution in [0.2, 0.25) is 0 Å². The standard InChI is InChI=1S/C28H40N11O11P/c1-27(2,3)46-13-18-20(49-51(42,43)50-28(4,5)6)21(48-26(41)45-12-17-9-32-35-38(17)8)24(47-18)39-15-31-19-22(29-14-30-23(19)39)33-25(40)44-11-16-10-37(7)36-34-16/h9-10,14-15,18,20-21,24H,11-13H2,1-8H3,(H,42,43)(H,29,30,33,40)/p-1/t18-,20?,21+,24-/m1/s1. The molecule has 5 rings (SSSR count). The number of aryl methyl sites for hydroxylation is 2. The monoisotopic (exact) mass is 736 g/mol. The van der Waals surface area contributed by atoms with Crippen molar-refractivity contribution in [1.82, 2.24) is 49.5 Å². The number of nitrogens with one attached hydrogen (secondary N) is 1. The van der Waals surface area contributed by atoms with E-state index in [0.717, 1.165) is 6.33 Å².